The Kier molecular flexibility index (Phi) is 7.90. The molecule has 6 nitrogen and oxygen atoms in total. The van der Waals surface area contributed by atoms with Crippen molar-refractivity contribution in [3.63, 3.8) is 0 Å². The number of hydrogen-bond donors (Lipinski definition) is 3. The number of thioether (sulfide) groups is 1. The third-order valence-corrected chi connectivity index (χ3v) is 5.21. The highest BCUT2D eigenvalue weighted by atomic mass is 35.5. The largest absolute Gasteiger partial charge is 0.478 e. The first-order chi connectivity index (χ1) is 13.3. The van der Waals surface area contributed by atoms with Gasteiger partial charge in [0.25, 0.3) is 0 Å². The van der Waals surface area contributed by atoms with Crippen molar-refractivity contribution in [2.24, 2.45) is 0 Å². The van der Waals surface area contributed by atoms with Crippen molar-refractivity contribution in [1.29, 1.82) is 0 Å². The number of rotatable bonds is 8. The molecule has 2 aromatic carbocycles. The van der Waals surface area contributed by atoms with Crippen LogP contribution in [0.5, 0.6) is 0 Å². The van der Waals surface area contributed by atoms with Gasteiger partial charge in [-0.2, -0.15) is 0 Å². The maximum absolute atomic E-state index is 12.4. The van der Waals surface area contributed by atoms with E-state index in [2.05, 4.69) is 10.6 Å². The van der Waals surface area contributed by atoms with Crippen molar-refractivity contribution in [3.8, 4) is 0 Å². The molecule has 0 spiro atoms. The van der Waals surface area contributed by atoms with Crippen molar-refractivity contribution in [3.05, 3.63) is 53.1 Å². The van der Waals surface area contributed by atoms with E-state index in [-0.39, 0.29) is 28.1 Å². The van der Waals surface area contributed by atoms with Gasteiger partial charge >= 0.3 is 5.97 Å². The second-order valence-corrected chi connectivity index (χ2v) is 7.89. The van der Waals surface area contributed by atoms with Gasteiger partial charge in [-0.1, -0.05) is 18.5 Å². The van der Waals surface area contributed by atoms with Crippen LogP contribution in [0.25, 0.3) is 0 Å². The maximum atomic E-state index is 12.4. The number of benzene rings is 2. The van der Waals surface area contributed by atoms with E-state index in [1.54, 1.807) is 19.1 Å². The predicted molar refractivity (Wildman–Crippen MR) is 112 cm³/mol. The van der Waals surface area contributed by atoms with Gasteiger partial charge in [0.15, 0.2) is 0 Å². The lowest BCUT2D eigenvalue weighted by Gasteiger charge is -2.14. The minimum atomic E-state index is -1.10. The van der Waals surface area contributed by atoms with E-state index >= 15 is 0 Å². The molecule has 0 aliphatic carbocycles. The Morgan fingerprint density at radius 1 is 1.11 bits per heavy atom. The average molecular weight is 421 g/mol. The Morgan fingerprint density at radius 2 is 1.79 bits per heavy atom. The Labute approximate surface area is 172 Å². The normalized spacial score (nSPS) is 11.5. The average Bonchev–Trinajstić information content (AvgIpc) is 2.65. The molecule has 0 bridgehead atoms. The molecule has 0 aliphatic heterocycles. The highest BCUT2D eigenvalue weighted by Gasteiger charge is 2.17. The minimum absolute atomic E-state index is 0.0314. The number of hydrogen-bond acceptors (Lipinski definition) is 4. The Bertz CT molecular complexity index is 871. The standard InChI is InChI=1S/C20H21ClN2O4S/c1-3-4-18(24)22-14-6-8-15(9-7-14)28-12(2)19(25)23-17-11-13(20(26)27)5-10-16(17)21/h5-12H,3-4H2,1-2H3,(H,22,24)(H,23,25)(H,26,27). The van der Waals surface area contributed by atoms with Crippen LogP contribution in [0, 0.1) is 0 Å². The van der Waals surface area contributed by atoms with E-state index in [9.17, 15) is 14.4 Å². The monoisotopic (exact) mass is 420 g/mol. The third kappa shape index (κ3) is 6.28. The molecule has 2 aromatic rings. The number of halogens is 1. The maximum Gasteiger partial charge on any atom is 0.335 e. The fourth-order valence-corrected chi connectivity index (χ4v) is 3.35. The number of carboxylic acids is 1. The third-order valence-electron chi connectivity index (χ3n) is 3.77. The highest BCUT2D eigenvalue weighted by Crippen LogP contribution is 2.28. The van der Waals surface area contributed by atoms with Crippen LogP contribution in [-0.2, 0) is 9.59 Å². The number of anilines is 2. The molecule has 0 saturated heterocycles. The lowest BCUT2D eigenvalue weighted by Crippen LogP contribution is -2.22. The van der Waals surface area contributed by atoms with E-state index < -0.39 is 11.2 Å². The summed E-state index contributed by atoms with van der Waals surface area (Å²) in [4.78, 5) is 36.0. The summed E-state index contributed by atoms with van der Waals surface area (Å²) in [5, 5.41) is 14.4. The van der Waals surface area contributed by atoms with E-state index in [4.69, 9.17) is 16.7 Å². The second-order valence-electron chi connectivity index (χ2n) is 6.07. The highest BCUT2D eigenvalue weighted by molar-refractivity contribution is 8.00. The summed E-state index contributed by atoms with van der Waals surface area (Å²) in [5.74, 6) is -1.42. The van der Waals surface area contributed by atoms with E-state index in [1.165, 1.54) is 30.0 Å². The lowest BCUT2D eigenvalue weighted by molar-refractivity contribution is -0.116. The number of aromatic carboxylic acids is 1. The summed E-state index contributed by atoms with van der Waals surface area (Å²) in [6.45, 7) is 3.68. The molecule has 0 aliphatic rings. The first-order valence-electron chi connectivity index (χ1n) is 8.70. The smallest absolute Gasteiger partial charge is 0.335 e. The molecule has 0 heterocycles. The van der Waals surface area contributed by atoms with Gasteiger partial charge < -0.3 is 15.7 Å². The molecule has 2 rings (SSSR count). The predicted octanol–water partition coefficient (Wildman–Crippen LogP) is 4.90. The SMILES string of the molecule is CCCC(=O)Nc1ccc(SC(C)C(=O)Nc2cc(C(=O)O)ccc2Cl)cc1. The number of nitrogens with one attached hydrogen (secondary N) is 2. The first-order valence-corrected chi connectivity index (χ1v) is 9.96. The molecule has 28 heavy (non-hydrogen) atoms. The van der Waals surface area contributed by atoms with Crippen LogP contribution in [0.4, 0.5) is 11.4 Å². The Morgan fingerprint density at radius 3 is 2.39 bits per heavy atom. The van der Waals surface area contributed by atoms with Crippen LogP contribution in [0.1, 0.15) is 37.0 Å². The van der Waals surface area contributed by atoms with Crippen LogP contribution in [0.3, 0.4) is 0 Å². The van der Waals surface area contributed by atoms with Gasteiger partial charge in [0.1, 0.15) is 0 Å². The zero-order chi connectivity index (χ0) is 20.7. The van der Waals surface area contributed by atoms with Gasteiger partial charge in [-0.05, 0) is 55.8 Å². The molecule has 0 saturated carbocycles. The molecule has 1 atom stereocenters. The van der Waals surface area contributed by atoms with Gasteiger partial charge in [-0.3, -0.25) is 9.59 Å². The van der Waals surface area contributed by atoms with Crippen LogP contribution in [-0.4, -0.2) is 28.1 Å². The molecular formula is C20H21ClN2O4S. The zero-order valence-corrected chi connectivity index (χ0v) is 17.1. The number of amides is 2. The molecule has 0 aromatic heterocycles. The van der Waals surface area contributed by atoms with Gasteiger partial charge in [0.05, 0.1) is 21.5 Å². The first kappa shape index (κ1) is 21.8. The fraction of sp³-hybridized carbons (Fsp3) is 0.250. The molecule has 1 unspecified atom stereocenters. The van der Waals surface area contributed by atoms with Crippen LogP contribution in [0.2, 0.25) is 5.02 Å². The van der Waals surface area contributed by atoms with Crippen LogP contribution < -0.4 is 10.6 Å². The van der Waals surface area contributed by atoms with Crippen molar-refractivity contribution in [2.45, 2.75) is 36.8 Å². The van der Waals surface area contributed by atoms with Gasteiger partial charge in [-0.25, -0.2) is 4.79 Å². The molecular weight excluding hydrogens is 400 g/mol. The number of carbonyl (C=O) groups is 3. The summed E-state index contributed by atoms with van der Waals surface area (Å²) in [6, 6.07) is 11.4. The van der Waals surface area contributed by atoms with Crippen molar-refractivity contribution in [1.82, 2.24) is 0 Å². The lowest BCUT2D eigenvalue weighted by atomic mass is 10.2. The zero-order valence-electron chi connectivity index (χ0n) is 15.5. The summed E-state index contributed by atoms with van der Waals surface area (Å²) in [6.07, 6.45) is 1.26. The van der Waals surface area contributed by atoms with Crippen molar-refractivity contribution in [2.75, 3.05) is 10.6 Å². The summed E-state index contributed by atoms with van der Waals surface area (Å²) < 4.78 is 0. The minimum Gasteiger partial charge on any atom is -0.478 e. The second kappa shape index (κ2) is 10.1. The molecule has 2 amide bonds. The summed E-state index contributed by atoms with van der Waals surface area (Å²) in [5.41, 5.74) is 1.01. The number of carbonyl (C=O) groups excluding carboxylic acids is 2. The molecule has 3 N–H and O–H groups in total. The van der Waals surface area contributed by atoms with Crippen LogP contribution in [0.15, 0.2) is 47.4 Å². The van der Waals surface area contributed by atoms with Crippen LogP contribution >= 0.6 is 23.4 Å². The quantitative estimate of drug-likeness (QED) is 0.528. The molecule has 0 radical (unpaired) electrons. The van der Waals surface area contributed by atoms with E-state index in [0.717, 1.165) is 11.3 Å². The molecule has 8 heteroatoms. The van der Waals surface area contributed by atoms with Crippen molar-refractivity contribution >= 4 is 52.5 Å². The van der Waals surface area contributed by atoms with E-state index in [0.29, 0.717) is 12.1 Å². The van der Waals surface area contributed by atoms with Gasteiger partial charge in [0.2, 0.25) is 11.8 Å². The molecule has 148 valence electrons. The van der Waals surface area contributed by atoms with Gasteiger partial charge in [-0.15, -0.1) is 11.8 Å². The summed E-state index contributed by atoms with van der Waals surface area (Å²) in [7, 11) is 0. The summed E-state index contributed by atoms with van der Waals surface area (Å²) >= 11 is 7.38. The van der Waals surface area contributed by atoms with Crippen molar-refractivity contribution < 1.29 is 19.5 Å². The number of carboxylic acid groups (broad SMARTS) is 1. The Hall–Kier alpha value is -2.51. The topological polar surface area (TPSA) is 95.5 Å². The molecule has 0 fully saturated rings. The Balaban J connectivity index is 1.98. The van der Waals surface area contributed by atoms with Gasteiger partial charge in [0, 0.05) is 17.0 Å². The van der Waals surface area contributed by atoms with E-state index in [1.807, 2.05) is 19.1 Å². The fourth-order valence-electron chi connectivity index (χ4n) is 2.31.